The molecule has 2 aromatic carbocycles. The topological polar surface area (TPSA) is 44.8 Å². The molecule has 4 nitrogen and oxygen atoms in total. The largest absolute Gasteiger partial charge is 0.496 e. The number of rotatable bonds is 8. The van der Waals surface area contributed by atoms with Crippen molar-refractivity contribution in [2.75, 3.05) is 7.11 Å². The lowest BCUT2D eigenvalue weighted by molar-refractivity contribution is -0.120. The molecule has 122 valence electrons. The van der Waals surface area contributed by atoms with Crippen LogP contribution in [0.25, 0.3) is 0 Å². The van der Waals surface area contributed by atoms with Gasteiger partial charge in [-0.15, -0.1) is 0 Å². The van der Waals surface area contributed by atoms with Crippen molar-refractivity contribution in [2.24, 2.45) is 0 Å². The standard InChI is InChI=1S/C19H22O4/c1-14(12-20)23-15(2)18-11-17(9-10-19(18)21-3)22-13-16-7-5-4-6-8-16/h4-12,14-15H,13H2,1-3H3/t14-,15-/m0/s1. The molecule has 0 spiro atoms. The molecule has 0 fully saturated rings. The molecule has 0 saturated carbocycles. The maximum atomic E-state index is 10.8. The normalized spacial score (nSPS) is 13.2. The molecular weight excluding hydrogens is 292 g/mol. The minimum atomic E-state index is -0.469. The molecule has 2 aromatic rings. The van der Waals surface area contributed by atoms with Crippen molar-refractivity contribution >= 4 is 6.29 Å². The number of hydrogen-bond acceptors (Lipinski definition) is 4. The first-order valence-corrected chi connectivity index (χ1v) is 7.59. The van der Waals surface area contributed by atoms with E-state index < -0.39 is 6.10 Å². The van der Waals surface area contributed by atoms with E-state index in [9.17, 15) is 4.79 Å². The van der Waals surface area contributed by atoms with Crippen LogP contribution in [0.15, 0.2) is 48.5 Å². The van der Waals surface area contributed by atoms with E-state index in [0.717, 1.165) is 23.2 Å². The SMILES string of the molecule is COc1ccc(OCc2ccccc2)cc1[C@H](C)O[C@@H](C)C=O. The first-order chi connectivity index (χ1) is 11.1. The summed E-state index contributed by atoms with van der Waals surface area (Å²) in [6.45, 7) is 4.09. The molecule has 0 aromatic heterocycles. The zero-order valence-electron chi connectivity index (χ0n) is 13.7. The molecule has 0 radical (unpaired) electrons. The Morgan fingerprint density at radius 2 is 1.83 bits per heavy atom. The van der Waals surface area contributed by atoms with Crippen LogP contribution in [-0.2, 0) is 16.1 Å². The first kappa shape index (κ1) is 17.0. The summed E-state index contributed by atoms with van der Waals surface area (Å²) in [4.78, 5) is 10.8. The fourth-order valence-electron chi connectivity index (χ4n) is 2.29. The van der Waals surface area contributed by atoms with E-state index in [4.69, 9.17) is 14.2 Å². The van der Waals surface area contributed by atoms with Crippen LogP contribution in [0.2, 0.25) is 0 Å². The van der Waals surface area contributed by atoms with E-state index in [1.54, 1.807) is 14.0 Å². The monoisotopic (exact) mass is 314 g/mol. The Kier molecular flexibility index (Phi) is 6.18. The van der Waals surface area contributed by atoms with Crippen LogP contribution in [0.3, 0.4) is 0 Å². The third-order valence-corrected chi connectivity index (χ3v) is 3.50. The second kappa shape index (κ2) is 8.34. The molecule has 0 unspecified atom stereocenters. The summed E-state index contributed by atoms with van der Waals surface area (Å²) in [5.41, 5.74) is 1.95. The lowest BCUT2D eigenvalue weighted by atomic mass is 10.1. The summed E-state index contributed by atoms with van der Waals surface area (Å²) in [6.07, 6.45) is 0.0349. The zero-order chi connectivity index (χ0) is 16.7. The van der Waals surface area contributed by atoms with Gasteiger partial charge in [0, 0.05) is 5.56 Å². The number of benzene rings is 2. The molecule has 0 heterocycles. The van der Waals surface area contributed by atoms with E-state index in [1.807, 2.05) is 55.5 Å². The highest BCUT2D eigenvalue weighted by Crippen LogP contribution is 2.32. The highest BCUT2D eigenvalue weighted by atomic mass is 16.5. The Labute approximate surface area is 137 Å². The van der Waals surface area contributed by atoms with Crippen LogP contribution in [0.5, 0.6) is 11.5 Å². The van der Waals surface area contributed by atoms with Gasteiger partial charge in [0.15, 0.2) is 0 Å². The zero-order valence-corrected chi connectivity index (χ0v) is 13.7. The molecule has 0 bridgehead atoms. The van der Waals surface area contributed by atoms with Gasteiger partial charge < -0.3 is 19.0 Å². The van der Waals surface area contributed by atoms with Gasteiger partial charge >= 0.3 is 0 Å². The predicted octanol–water partition coefficient (Wildman–Crippen LogP) is 3.94. The molecule has 0 saturated heterocycles. The quantitative estimate of drug-likeness (QED) is 0.692. The Morgan fingerprint density at radius 1 is 1.09 bits per heavy atom. The molecule has 0 aliphatic carbocycles. The molecule has 0 aliphatic rings. The third-order valence-electron chi connectivity index (χ3n) is 3.50. The smallest absolute Gasteiger partial charge is 0.148 e. The number of carbonyl (C=O) groups excluding carboxylic acids is 1. The Hall–Kier alpha value is -2.33. The van der Waals surface area contributed by atoms with Gasteiger partial charge in [0.25, 0.3) is 0 Å². The highest BCUT2D eigenvalue weighted by molar-refractivity contribution is 5.55. The average molecular weight is 314 g/mol. The number of aldehydes is 1. The van der Waals surface area contributed by atoms with E-state index >= 15 is 0 Å². The van der Waals surface area contributed by atoms with Crippen molar-refractivity contribution in [3.8, 4) is 11.5 Å². The fourth-order valence-corrected chi connectivity index (χ4v) is 2.29. The van der Waals surface area contributed by atoms with Gasteiger partial charge in [-0.3, -0.25) is 0 Å². The van der Waals surface area contributed by atoms with Crippen molar-refractivity contribution in [2.45, 2.75) is 32.7 Å². The van der Waals surface area contributed by atoms with Crippen molar-refractivity contribution in [1.29, 1.82) is 0 Å². The molecule has 23 heavy (non-hydrogen) atoms. The van der Waals surface area contributed by atoms with E-state index in [-0.39, 0.29) is 6.10 Å². The van der Waals surface area contributed by atoms with Gasteiger partial charge in [-0.05, 0) is 37.6 Å². The van der Waals surface area contributed by atoms with Crippen molar-refractivity contribution < 1.29 is 19.0 Å². The van der Waals surface area contributed by atoms with Gasteiger partial charge in [0.05, 0.1) is 13.2 Å². The molecule has 2 atom stereocenters. The minimum absolute atomic E-state index is 0.273. The maximum absolute atomic E-state index is 10.8. The molecule has 4 heteroatoms. The van der Waals surface area contributed by atoms with Crippen LogP contribution in [0.4, 0.5) is 0 Å². The lowest BCUT2D eigenvalue weighted by Gasteiger charge is -2.19. The van der Waals surface area contributed by atoms with Gasteiger partial charge in [0.2, 0.25) is 0 Å². The second-order valence-electron chi connectivity index (χ2n) is 5.30. The number of hydrogen-bond donors (Lipinski definition) is 0. The van der Waals surface area contributed by atoms with E-state index in [2.05, 4.69) is 0 Å². The van der Waals surface area contributed by atoms with E-state index in [0.29, 0.717) is 12.4 Å². The third kappa shape index (κ3) is 4.83. The fraction of sp³-hybridized carbons (Fsp3) is 0.316. The predicted molar refractivity (Wildman–Crippen MR) is 88.8 cm³/mol. The van der Waals surface area contributed by atoms with Crippen LogP contribution in [0.1, 0.15) is 31.1 Å². The van der Waals surface area contributed by atoms with Crippen LogP contribution in [0, 0.1) is 0 Å². The number of carbonyl (C=O) groups is 1. The summed E-state index contributed by atoms with van der Waals surface area (Å²) < 4.78 is 16.9. The Bertz CT molecular complexity index is 625. The minimum Gasteiger partial charge on any atom is -0.496 e. The summed E-state index contributed by atoms with van der Waals surface area (Å²) in [7, 11) is 1.61. The Balaban J connectivity index is 2.12. The van der Waals surface area contributed by atoms with E-state index in [1.165, 1.54) is 0 Å². The van der Waals surface area contributed by atoms with Crippen molar-refractivity contribution in [3.05, 3.63) is 59.7 Å². The summed E-state index contributed by atoms with van der Waals surface area (Å²) in [6, 6.07) is 15.6. The molecule has 0 aliphatic heterocycles. The van der Waals surface area contributed by atoms with Crippen LogP contribution in [-0.4, -0.2) is 19.5 Å². The van der Waals surface area contributed by atoms with Crippen LogP contribution >= 0.6 is 0 Å². The number of ether oxygens (including phenoxy) is 3. The second-order valence-corrected chi connectivity index (χ2v) is 5.30. The average Bonchev–Trinajstić information content (AvgIpc) is 2.60. The molecule has 0 amide bonds. The highest BCUT2D eigenvalue weighted by Gasteiger charge is 2.16. The molecular formula is C19H22O4. The summed E-state index contributed by atoms with van der Waals surface area (Å²) in [5.74, 6) is 1.45. The van der Waals surface area contributed by atoms with Crippen LogP contribution < -0.4 is 9.47 Å². The maximum Gasteiger partial charge on any atom is 0.148 e. The summed E-state index contributed by atoms with van der Waals surface area (Å²) >= 11 is 0. The first-order valence-electron chi connectivity index (χ1n) is 7.59. The lowest BCUT2D eigenvalue weighted by Crippen LogP contribution is -2.13. The van der Waals surface area contributed by atoms with Gasteiger partial charge in [-0.2, -0.15) is 0 Å². The molecule has 2 rings (SSSR count). The number of methoxy groups -OCH3 is 1. The Morgan fingerprint density at radius 3 is 2.48 bits per heavy atom. The van der Waals surface area contributed by atoms with Crippen molar-refractivity contribution in [1.82, 2.24) is 0 Å². The molecule has 0 N–H and O–H groups in total. The van der Waals surface area contributed by atoms with Gasteiger partial charge in [-0.1, -0.05) is 30.3 Å². The van der Waals surface area contributed by atoms with Gasteiger partial charge in [0.1, 0.15) is 30.5 Å². The van der Waals surface area contributed by atoms with Crippen molar-refractivity contribution in [3.63, 3.8) is 0 Å². The van der Waals surface area contributed by atoms with Gasteiger partial charge in [-0.25, -0.2) is 0 Å². The summed E-state index contributed by atoms with van der Waals surface area (Å²) in [5, 5.41) is 0.